The zero-order chi connectivity index (χ0) is 17.2. The highest BCUT2D eigenvalue weighted by Crippen LogP contribution is 2.41. The molecule has 1 fully saturated rings. The summed E-state index contributed by atoms with van der Waals surface area (Å²) in [5, 5.41) is 6.69. The van der Waals surface area contributed by atoms with Gasteiger partial charge in [0.15, 0.2) is 5.82 Å². The van der Waals surface area contributed by atoms with Crippen LogP contribution in [0.5, 0.6) is 0 Å². The molecule has 128 valence electrons. The van der Waals surface area contributed by atoms with E-state index in [-0.39, 0.29) is 17.0 Å². The molecule has 0 aromatic carbocycles. The summed E-state index contributed by atoms with van der Waals surface area (Å²) in [5.41, 5.74) is 0.498. The average Bonchev–Trinajstić information content (AvgIpc) is 3.17. The fraction of sp³-hybridized carbons (Fsp3) is 0.471. The molecule has 2 aromatic rings. The van der Waals surface area contributed by atoms with Crippen LogP contribution in [0.4, 0.5) is 10.6 Å². The lowest BCUT2D eigenvalue weighted by atomic mass is 9.86. The van der Waals surface area contributed by atoms with Crippen molar-refractivity contribution < 1.29 is 9.32 Å². The lowest BCUT2D eigenvalue weighted by Crippen LogP contribution is -2.31. The molecule has 2 amide bonds. The van der Waals surface area contributed by atoms with Gasteiger partial charge in [0.1, 0.15) is 5.76 Å². The zero-order valence-corrected chi connectivity index (χ0v) is 14.0. The average molecular weight is 330 g/mol. The minimum Gasteiger partial charge on any atom is -0.359 e. The van der Waals surface area contributed by atoms with Gasteiger partial charge in [0.25, 0.3) is 0 Å². The van der Waals surface area contributed by atoms with E-state index in [4.69, 9.17) is 4.52 Å². The van der Waals surface area contributed by atoms with E-state index in [0.29, 0.717) is 18.1 Å². The van der Waals surface area contributed by atoms with Gasteiger partial charge in [0.2, 0.25) is 5.56 Å². The number of urea groups is 1. The van der Waals surface area contributed by atoms with Crippen LogP contribution in [0.15, 0.2) is 33.6 Å². The molecule has 0 aliphatic heterocycles. The molecule has 0 unspecified atom stereocenters. The van der Waals surface area contributed by atoms with E-state index in [2.05, 4.69) is 22.4 Å². The van der Waals surface area contributed by atoms with Gasteiger partial charge in [-0.25, -0.2) is 4.79 Å². The predicted octanol–water partition coefficient (Wildman–Crippen LogP) is 2.86. The van der Waals surface area contributed by atoms with Crippen LogP contribution < -0.4 is 10.9 Å². The Morgan fingerprint density at radius 2 is 2.17 bits per heavy atom. The van der Waals surface area contributed by atoms with E-state index in [0.717, 1.165) is 18.6 Å². The van der Waals surface area contributed by atoms with Gasteiger partial charge in [-0.2, -0.15) is 0 Å². The van der Waals surface area contributed by atoms with Crippen molar-refractivity contribution in [3.63, 3.8) is 0 Å². The highest BCUT2D eigenvalue weighted by molar-refractivity contribution is 5.88. The normalized spacial score (nSPS) is 16.1. The Labute approximate surface area is 140 Å². The number of hydrogen-bond donors (Lipinski definition) is 2. The summed E-state index contributed by atoms with van der Waals surface area (Å²) < 4.78 is 5.44. The highest BCUT2D eigenvalue weighted by atomic mass is 16.5. The number of anilines is 1. The summed E-state index contributed by atoms with van der Waals surface area (Å²) >= 11 is 0. The van der Waals surface area contributed by atoms with Gasteiger partial charge in [-0.05, 0) is 18.9 Å². The summed E-state index contributed by atoms with van der Waals surface area (Å²) in [7, 11) is 1.65. The van der Waals surface area contributed by atoms with E-state index in [1.807, 2.05) is 0 Å². The van der Waals surface area contributed by atoms with Gasteiger partial charge >= 0.3 is 6.03 Å². The Bertz CT molecular complexity index is 774. The second-order valence-electron chi connectivity index (χ2n) is 6.67. The molecule has 0 atom stereocenters. The van der Waals surface area contributed by atoms with Crippen molar-refractivity contribution in [2.75, 3.05) is 12.4 Å². The Balaban J connectivity index is 1.62. The first-order chi connectivity index (χ1) is 11.5. The summed E-state index contributed by atoms with van der Waals surface area (Å²) in [6.45, 7) is 2.47. The largest absolute Gasteiger partial charge is 0.359 e. The third kappa shape index (κ3) is 3.50. The second-order valence-corrected chi connectivity index (χ2v) is 6.67. The van der Waals surface area contributed by atoms with E-state index in [1.165, 1.54) is 23.8 Å². The van der Waals surface area contributed by atoms with Crippen molar-refractivity contribution >= 4 is 11.8 Å². The number of nitrogens with zero attached hydrogens (tertiary/aromatic N) is 2. The van der Waals surface area contributed by atoms with Crippen LogP contribution in [0.2, 0.25) is 0 Å². The Hall–Kier alpha value is -2.57. The van der Waals surface area contributed by atoms with E-state index in [9.17, 15) is 9.59 Å². The second kappa shape index (κ2) is 6.51. The number of nitrogens with one attached hydrogen (secondary N) is 2. The van der Waals surface area contributed by atoms with E-state index < -0.39 is 0 Å². The van der Waals surface area contributed by atoms with Crippen LogP contribution in [-0.4, -0.2) is 28.1 Å². The first-order valence-electron chi connectivity index (χ1n) is 8.14. The maximum atomic E-state index is 12.3. The molecule has 1 aliphatic rings. The van der Waals surface area contributed by atoms with Gasteiger partial charge < -0.3 is 14.4 Å². The smallest absolute Gasteiger partial charge is 0.323 e. The van der Waals surface area contributed by atoms with Gasteiger partial charge in [-0.3, -0.25) is 10.1 Å². The third-order valence-electron chi connectivity index (χ3n) is 4.63. The Morgan fingerprint density at radius 1 is 1.42 bits per heavy atom. The molecule has 2 N–H and O–H groups in total. The highest BCUT2D eigenvalue weighted by Gasteiger charge is 2.34. The molecule has 0 spiro atoms. The fourth-order valence-electron chi connectivity index (χ4n) is 3.14. The number of H-pyrrole nitrogens is 1. The summed E-state index contributed by atoms with van der Waals surface area (Å²) in [4.78, 5) is 27.7. The lowest BCUT2D eigenvalue weighted by molar-refractivity contribution is 0.220. The SMILES string of the molecule is CN(Cc1cccc(=O)[nH]1)C(=O)Nc1cc(C2(C)CCCC2)on1. The predicted molar refractivity (Wildman–Crippen MR) is 89.9 cm³/mol. The monoisotopic (exact) mass is 330 g/mol. The number of hydrogen-bond acceptors (Lipinski definition) is 4. The third-order valence-corrected chi connectivity index (χ3v) is 4.63. The molecule has 24 heavy (non-hydrogen) atoms. The number of carbonyl (C=O) groups is 1. The van der Waals surface area contributed by atoms with Crippen molar-refractivity contribution in [2.45, 2.75) is 44.6 Å². The first kappa shape index (κ1) is 16.3. The topological polar surface area (TPSA) is 91.2 Å². The van der Waals surface area contributed by atoms with Crippen molar-refractivity contribution in [3.05, 3.63) is 46.1 Å². The summed E-state index contributed by atoms with van der Waals surface area (Å²) in [6.07, 6.45) is 4.54. The molecule has 7 nitrogen and oxygen atoms in total. The molecule has 2 heterocycles. The number of rotatable bonds is 4. The standard InChI is InChI=1S/C17H22N4O3/c1-17(8-3-4-9-17)13-10-14(20-24-13)19-16(23)21(2)11-12-6-5-7-15(22)18-12/h5-7,10H,3-4,8-9,11H2,1-2H3,(H,18,22)(H,19,20,23). The minimum absolute atomic E-state index is 0.0193. The van der Waals surface area contributed by atoms with Crippen molar-refractivity contribution in [1.82, 2.24) is 15.0 Å². The Morgan fingerprint density at radius 3 is 2.88 bits per heavy atom. The number of amides is 2. The number of aromatic amines is 1. The van der Waals surface area contributed by atoms with Crippen LogP contribution >= 0.6 is 0 Å². The molecule has 0 bridgehead atoms. The number of aromatic nitrogens is 2. The maximum absolute atomic E-state index is 12.3. The first-order valence-corrected chi connectivity index (χ1v) is 8.14. The molecular weight excluding hydrogens is 308 g/mol. The van der Waals surface area contributed by atoms with Gasteiger partial charge in [0.05, 0.1) is 6.54 Å². The van der Waals surface area contributed by atoms with E-state index in [1.54, 1.807) is 25.2 Å². The summed E-state index contributed by atoms with van der Waals surface area (Å²) in [6, 6.07) is 6.36. The van der Waals surface area contributed by atoms with Gasteiger partial charge in [0, 0.05) is 30.3 Å². The summed E-state index contributed by atoms with van der Waals surface area (Å²) in [5.74, 6) is 1.24. The van der Waals surface area contributed by atoms with Crippen LogP contribution in [0.3, 0.4) is 0 Å². The quantitative estimate of drug-likeness (QED) is 0.902. The number of pyridine rings is 1. The van der Waals surface area contributed by atoms with Crippen LogP contribution in [0.25, 0.3) is 0 Å². The number of carbonyl (C=O) groups excluding carboxylic acids is 1. The van der Waals surface area contributed by atoms with Crippen molar-refractivity contribution in [3.8, 4) is 0 Å². The van der Waals surface area contributed by atoms with Crippen LogP contribution in [0, 0.1) is 0 Å². The zero-order valence-electron chi connectivity index (χ0n) is 14.0. The molecule has 1 saturated carbocycles. The van der Waals surface area contributed by atoms with Crippen molar-refractivity contribution in [2.24, 2.45) is 0 Å². The molecule has 0 radical (unpaired) electrons. The molecular formula is C17H22N4O3. The van der Waals surface area contributed by atoms with E-state index >= 15 is 0 Å². The molecule has 2 aromatic heterocycles. The molecule has 7 heteroatoms. The van der Waals surface area contributed by atoms with Crippen LogP contribution in [0.1, 0.15) is 44.1 Å². The lowest BCUT2D eigenvalue weighted by Gasteiger charge is -2.18. The van der Waals surface area contributed by atoms with Crippen LogP contribution in [-0.2, 0) is 12.0 Å². The van der Waals surface area contributed by atoms with Gasteiger partial charge in [-0.15, -0.1) is 0 Å². The molecule has 0 saturated heterocycles. The Kier molecular flexibility index (Phi) is 4.42. The minimum atomic E-state index is -0.309. The van der Waals surface area contributed by atoms with Crippen molar-refractivity contribution in [1.29, 1.82) is 0 Å². The fourth-order valence-corrected chi connectivity index (χ4v) is 3.14. The molecule has 3 rings (SSSR count). The molecule has 1 aliphatic carbocycles. The maximum Gasteiger partial charge on any atom is 0.323 e. The van der Waals surface area contributed by atoms with Gasteiger partial charge in [-0.1, -0.05) is 31.0 Å².